The smallest absolute Gasteiger partial charge is 0.227 e. The fraction of sp³-hybridized carbons (Fsp3) is 0.400. The summed E-state index contributed by atoms with van der Waals surface area (Å²) < 4.78 is 13.3. The van der Waals surface area contributed by atoms with Gasteiger partial charge in [-0.25, -0.2) is 15.0 Å². The van der Waals surface area contributed by atoms with Gasteiger partial charge in [0.05, 0.1) is 12.3 Å². The third kappa shape index (κ3) is 5.17. The maximum absolute atomic E-state index is 5.91. The molecule has 2 N–H and O–H groups in total. The number of aryl methyl sites for hydroxylation is 2. The second-order valence-electron chi connectivity index (χ2n) is 8.71. The minimum atomic E-state index is 0.477. The van der Waals surface area contributed by atoms with Crippen LogP contribution in [0.15, 0.2) is 36.8 Å². The van der Waals surface area contributed by atoms with Crippen LogP contribution >= 0.6 is 0 Å². The Morgan fingerprint density at radius 2 is 2.03 bits per heavy atom. The molecule has 4 heterocycles. The quantitative estimate of drug-likeness (QED) is 0.390. The summed E-state index contributed by atoms with van der Waals surface area (Å²) in [6, 6.07) is 7.87. The summed E-state index contributed by atoms with van der Waals surface area (Å²) in [5.41, 5.74) is 3.40. The number of fused-ring (bicyclic) bond motifs is 1. The average Bonchev–Trinajstić information content (AvgIpc) is 3.30. The standard InChI is InChI=1S/C25H30N8O2/c1-4-35-21-12-18(24-32-28-15-33(24)3)5-6-20(21)30-25-27-14-19-11-16(2)29-23(22(19)31-25)26-13-17-7-9-34-10-8-17/h5-6,11-12,14-15,17H,4,7-10,13H2,1-3H3,(H,26,29)(H,27,30,31). The maximum atomic E-state index is 5.91. The summed E-state index contributed by atoms with van der Waals surface area (Å²) in [4.78, 5) is 14.1. The largest absolute Gasteiger partial charge is 0.492 e. The summed E-state index contributed by atoms with van der Waals surface area (Å²) in [6.07, 6.45) is 5.62. The molecule has 0 amide bonds. The predicted molar refractivity (Wildman–Crippen MR) is 135 cm³/mol. The number of rotatable bonds is 8. The number of hydrogen-bond acceptors (Lipinski definition) is 9. The molecule has 0 atom stereocenters. The van der Waals surface area contributed by atoms with Crippen LogP contribution in [0.4, 0.5) is 17.5 Å². The molecule has 1 fully saturated rings. The van der Waals surface area contributed by atoms with E-state index in [4.69, 9.17) is 19.4 Å². The van der Waals surface area contributed by atoms with Crippen molar-refractivity contribution in [3.63, 3.8) is 0 Å². The van der Waals surface area contributed by atoms with Crippen molar-refractivity contribution < 1.29 is 9.47 Å². The lowest BCUT2D eigenvalue weighted by Crippen LogP contribution is -2.23. The molecule has 0 bridgehead atoms. The normalized spacial score (nSPS) is 14.3. The number of anilines is 3. The summed E-state index contributed by atoms with van der Waals surface area (Å²) >= 11 is 0. The third-order valence-electron chi connectivity index (χ3n) is 6.09. The summed E-state index contributed by atoms with van der Waals surface area (Å²) in [5, 5.41) is 16.0. The molecule has 0 unspecified atom stereocenters. The van der Waals surface area contributed by atoms with Crippen LogP contribution in [-0.4, -0.2) is 56.1 Å². The topological polar surface area (TPSA) is 112 Å². The monoisotopic (exact) mass is 474 g/mol. The van der Waals surface area contributed by atoms with Crippen molar-refractivity contribution in [3.8, 4) is 17.1 Å². The van der Waals surface area contributed by atoms with Gasteiger partial charge in [0.15, 0.2) is 11.6 Å². The van der Waals surface area contributed by atoms with Gasteiger partial charge in [-0.3, -0.25) is 0 Å². The van der Waals surface area contributed by atoms with E-state index < -0.39 is 0 Å². The van der Waals surface area contributed by atoms with E-state index in [9.17, 15) is 0 Å². The highest BCUT2D eigenvalue weighted by atomic mass is 16.5. The number of hydrogen-bond donors (Lipinski definition) is 2. The second kappa shape index (κ2) is 10.2. The fourth-order valence-corrected chi connectivity index (χ4v) is 4.25. The van der Waals surface area contributed by atoms with Crippen LogP contribution in [0.1, 0.15) is 25.5 Å². The average molecular weight is 475 g/mol. The van der Waals surface area contributed by atoms with E-state index >= 15 is 0 Å². The molecule has 0 saturated carbocycles. The molecule has 35 heavy (non-hydrogen) atoms. The maximum Gasteiger partial charge on any atom is 0.227 e. The number of pyridine rings is 1. The highest BCUT2D eigenvalue weighted by molar-refractivity contribution is 5.89. The number of aromatic nitrogens is 6. The lowest BCUT2D eigenvalue weighted by molar-refractivity contribution is 0.0699. The Labute approximate surface area is 204 Å². The molecule has 5 rings (SSSR count). The van der Waals surface area contributed by atoms with E-state index in [1.165, 1.54) is 0 Å². The van der Waals surface area contributed by atoms with Crippen molar-refractivity contribution in [2.24, 2.45) is 13.0 Å². The molecule has 0 radical (unpaired) electrons. The minimum Gasteiger partial charge on any atom is -0.492 e. The van der Waals surface area contributed by atoms with Crippen molar-refractivity contribution in [1.82, 2.24) is 29.7 Å². The van der Waals surface area contributed by atoms with Crippen LogP contribution in [0, 0.1) is 12.8 Å². The second-order valence-corrected chi connectivity index (χ2v) is 8.71. The summed E-state index contributed by atoms with van der Waals surface area (Å²) in [5.74, 6) is 3.28. The zero-order valence-corrected chi connectivity index (χ0v) is 20.3. The fourth-order valence-electron chi connectivity index (χ4n) is 4.25. The Kier molecular flexibility index (Phi) is 6.71. The lowest BCUT2D eigenvalue weighted by atomic mass is 10.0. The van der Waals surface area contributed by atoms with Crippen LogP contribution in [0.3, 0.4) is 0 Å². The van der Waals surface area contributed by atoms with Gasteiger partial charge in [0.2, 0.25) is 5.95 Å². The van der Waals surface area contributed by atoms with E-state index in [0.29, 0.717) is 24.2 Å². The van der Waals surface area contributed by atoms with E-state index in [-0.39, 0.29) is 0 Å². The molecular formula is C25H30N8O2. The van der Waals surface area contributed by atoms with Crippen molar-refractivity contribution >= 4 is 28.4 Å². The highest BCUT2D eigenvalue weighted by Gasteiger charge is 2.16. The molecule has 1 aromatic carbocycles. The van der Waals surface area contributed by atoms with Gasteiger partial charge in [0.25, 0.3) is 0 Å². The summed E-state index contributed by atoms with van der Waals surface area (Å²) in [7, 11) is 1.91. The number of nitrogens with one attached hydrogen (secondary N) is 2. The SMILES string of the molecule is CCOc1cc(-c2nncn2C)ccc1Nc1ncc2cc(C)nc(NCC3CCOCC3)c2n1. The molecular weight excluding hydrogens is 444 g/mol. The van der Waals surface area contributed by atoms with E-state index in [2.05, 4.69) is 25.8 Å². The van der Waals surface area contributed by atoms with Gasteiger partial charge in [-0.15, -0.1) is 10.2 Å². The molecule has 10 heteroatoms. The van der Waals surface area contributed by atoms with Crippen molar-refractivity contribution in [2.75, 3.05) is 37.0 Å². The van der Waals surface area contributed by atoms with Gasteiger partial charge < -0.3 is 24.7 Å². The first kappa shape index (κ1) is 23.0. The molecule has 10 nitrogen and oxygen atoms in total. The third-order valence-corrected chi connectivity index (χ3v) is 6.09. The zero-order valence-electron chi connectivity index (χ0n) is 20.3. The van der Waals surface area contributed by atoms with Gasteiger partial charge in [0, 0.05) is 49.6 Å². The van der Waals surface area contributed by atoms with Gasteiger partial charge >= 0.3 is 0 Å². The van der Waals surface area contributed by atoms with Crippen LogP contribution in [-0.2, 0) is 11.8 Å². The number of nitrogens with zero attached hydrogens (tertiary/aromatic N) is 6. The molecule has 1 aliphatic rings. The number of benzene rings is 1. The van der Waals surface area contributed by atoms with Crippen molar-refractivity contribution in [2.45, 2.75) is 26.7 Å². The van der Waals surface area contributed by atoms with E-state index in [1.807, 2.05) is 55.9 Å². The predicted octanol–water partition coefficient (Wildman–Crippen LogP) is 4.11. The first-order valence-corrected chi connectivity index (χ1v) is 11.9. The number of ether oxygens (including phenoxy) is 2. The van der Waals surface area contributed by atoms with E-state index in [1.54, 1.807) is 6.33 Å². The minimum absolute atomic E-state index is 0.477. The molecule has 1 aliphatic heterocycles. The molecule has 3 aromatic heterocycles. The molecule has 1 saturated heterocycles. The Morgan fingerprint density at radius 3 is 2.80 bits per heavy atom. The van der Waals surface area contributed by atoms with Crippen LogP contribution in [0.25, 0.3) is 22.3 Å². The first-order chi connectivity index (χ1) is 17.1. The van der Waals surface area contributed by atoms with Crippen LogP contribution in [0.2, 0.25) is 0 Å². The molecule has 182 valence electrons. The zero-order chi connectivity index (χ0) is 24.2. The Hall–Kier alpha value is -3.79. The Bertz CT molecular complexity index is 1320. The van der Waals surface area contributed by atoms with Crippen LogP contribution in [0.5, 0.6) is 5.75 Å². The highest BCUT2D eigenvalue weighted by Crippen LogP contribution is 2.32. The van der Waals surface area contributed by atoms with Gasteiger partial charge in [-0.2, -0.15) is 0 Å². The van der Waals surface area contributed by atoms with Gasteiger partial charge in [-0.05, 0) is 56.9 Å². The van der Waals surface area contributed by atoms with Crippen molar-refractivity contribution in [3.05, 3.63) is 42.5 Å². The first-order valence-electron chi connectivity index (χ1n) is 11.9. The summed E-state index contributed by atoms with van der Waals surface area (Å²) in [6.45, 7) is 6.96. The van der Waals surface area contributed by atoms with Gasteiger partial charge in [-0.1, -0.05) is 0 Å². The van der Waals surface area contributed by atoms with Crippen LogP contribution < -0.4 is 15.4 Å². The molecule has 4 aromatic rings. The van der Waals surface area contributed by atoms with Crippen molar-refractivity contribution in [1.29, 1.82) is 0 Å². The lowest BCUT2D eigenvalue weighted by Gasteiger charge is -2.22. The molecule has 0 aliphatic carbocycles. The van der Waals surface area contributed by atoms with E-state index in [0.717, 1.165) is 72.1 Å². The van der Waals surface area contributed by atoms with Gasteiger partial charge in [0.1, 0.15) is 17.6 Å². The Balaban J connectivity index is 1.42. The Morgan fingerprint density at radius 1 is 1.17 bits per heavy atom. The molecule has 0 spiro atoms.